The van der Waals surface area contributed by atoms with E-state index in [1.807, 2.05) is 0 Å². The molecular weight excluding hydrogens is 258 g/mol. The molecule has 0 amide bonds. The number of anilines is 1. The second-order valence-electron chi connectivity index (χ2n) is 4.36. The molecule has 18 heavy (non-hydrogen) atoms. The SMILES string of the molecule is O=C(O)c1cc(O)ccc1NS(=O)(=O)CC1CC1. The van der Waals surface area contributed by atoms with Gasteiger partial charge in [0.2, 0.25) is 10.0 Å². The number of nitrogens with one attached hydrogen (secondary N) is 1. The van der Waals surface area contributed by atoms with E-state index in [9.17, 15) is 18.3 Å². The minimum absolute atomic E-state index is 0.00688. The fourth-order valence-corrected chi connectivity index (χ4v) is 3.15. The van der Waals surface area contributed by atoms with Crippen LogP contribution in [0.1, 0.15) is 23.2 Å². The topological polar surface area (TPSA) is 104 Å². The molecule has 1 saturated carbocycles. The van der Waals surface area contributed by atoms with Gasteiger partial charge in [0.05, 0.1) is 17.0 Å². The summed E-state index contributed by atoms with van der Waals surface area (Å²) in [5, 5.41) is 18.1. The lowest BCUT2D eigenvalue weighted by molar-refractivity contribution is 0.0697. The normalized spacial score (nSPS) is 15.3. The summed E-state index contributed by atoms with van der Waals surface area (Å²) in [6.07, 6.45) is 1.78. The number of rotatable bonds is 5. The Morgan fingerprint density at radius 3 is 2.61 bits per heavy atom. The van der Waals surface area contributed by atoms with Crippen LogP contribution in [0.15, 0.2) is 18.2 Å². The van der Waals surface area contributed by atoms with Crippen LogP contribution < -0.4 is 4.72 Å². The molecule has 0 spiro atoms. The number of aromatic carboxylic acids is 1. The van der Waals surface area contributed by atoms with Gasteiger partial charge in [-0.2, -0.15) is 0 Å². The molecular formula is C11H13NO5S. The van der Waals surface area contributed by atoms with Crippen LogP contribution in [0.25, 0.3) is 0 Å². The number of aromatic hydroxyl groups is 1. The number of sulfonamides is 1. The van der Waals surface area contributed by atoms with Crippen molar-refractivity contribution in [3.05, 3.63) is 23.8 Å². The summed E-state index contributed by atoms with van der Waals surface area (Å²) in [5.74, 6) is -1.34. The number of phenols is 1. The standard InChI is InChI=1S/C11H13NO5S/c13-8-3-4-10(9(5-8)11(14)15)12-18(16,17)6-7-1-2-7/h3-5,7,12-13H,1-2,6H2,(H,14,15). The molecule has 98 valence electrons. The van der Waals surface area contributed by atoms with Crippen molar-refractivity contribution in [3.63, 3.8) is 0 Å². The average molecular weight is 271 g/mol. The predicted octanol–water partition coefficient (Wildman–Crippen LogP) is 1.24. The second kappa shape index (κ2) is 4.49. The average Bonchev–Trinajstić information content (AvgIpc) is 3.03. The Hall–Kier alpha value is -1.76. The van der Waals surface area contributed by atoms with Gasteiger partial charge in [-0.25, -0.2) is 13.2 Å². The number of phenolic OH excluding ortho intramolecular Hbond substituents is 1. The van der Waals surface area contributed by atoms with Crippen molar-refractivity contribution in [2.24, 2.45) is 5.92 Å². The first kappa shape index (κ1) is 12.7. The summed E-state index contributed by atoms with van der Waals surface area (Å²) >= 11 is 0. The molecule has 1 aliphatic carbocycles. The first-order chi connectivity index (χ1) is 8.37. The zero-order valence-corrected chi connectivity index (χ0v) is 10.3. The van der Waals surface area contributed by atoms with Crippen LogP contribution in [0.2, 0.25) is 0 Å². The van der Waals surface area contributed by atoms with Gasteiger partial charge in [0.25, 0.3) is 0 Å². The van der Waals surface area contributed by atoms with Crippen molar-refractivity contribution >= 4 is 21.7 Å². The Balaban J connectivity index is 2.25. The fourth-order valence-electron chi connectivity index (χ4n) is 1.60. The van der Waals surface area contributed by atoms with E-state index >= 15 is 0 Å². The molecule has 0 atom stereocenters. The van der Waals surface area contributed by atoms with Crippen LogP contribution in [0.3, 0.4) is 0 Å². The van der Waals surface area contributed by atoms with Gasteiger partial charge in [0, 0.05) is 0 Å². The highest BCUT2D eigenvalue weighted by atomic mass is 32.2. The molecule has 1 aromatic rings. The van der Waals surface area contributed by atoms with E-state index in [0.29, 0.717) is 0 Å². The van der Waals surface area contributed by atoms with Crippen molar-refractivity contribution in [1.82, 2.24) is 0 Å². The second-order valence-corrected chi connectivity index (χ2v) is 6.13. The predicted molar refractivity (Wildman–Crippen MR) is 65.2 cm³/mol. The molecule has 3 N–H and O–H groups in total. The molecule has 0 heterocycles. The zero-order valence-electron chi connectivity index (χ0n) is 9.46. The third-order valence-corrected chi connectivity index (χ3v) is 4.09. The highest BCUT2D eigenvalue weighted by Gasteiger charge is 2.28. The van der Waals surface area contributed by atoms with Crippen molar-refractivity contribution in [3.8, 4) is 5.75 Å². The lowest BCUT2D eigenvalue weighted by Gasteiger charge is -2.10. The number of carboxylic acids is 1. The van der Waals surface area contributed by atoms with Gasteiger partial charge >= 0.3 is 5.97 Å². The summed E-state index contributed by atoms with van der Waals surface area (Å²) in [6, 6.07) is 3.49. The van der Waals surface area contributed by atoms with Gasteiger partial charge < -0.3 is 10.2 Å². The Bertz CT molecular complexity index is 577. The van der Waals surface area contributed by atoms with E-state index in [-0.39, 0.29) is 28.7 Å². The Kier molecular flexibility index (Phi) is 3.16. The first-order valence-electron chi connectivity index (χ1n) is 5.44. The molecule has 1 fully saturated rings. The van der Waals surface area contributed by atoms with Crippen molar-refractivity contribution in [2.45, 2.75) is 12.8 Å². The van der Waals surface area contributed by atoms with Gasteiger partial charge in [0.15, 0.2) is 0 Å². The first-order valence-corrected chi connectivity index (χ1v) is 7.09. The quantitative estimate of drug-likeness (QED) is 0.699. The molecule has 0 unspecified atom stereocenters. The van der Waals surface area contributed by atoms with Crippen LogP contribution in [0.5, 0.6) is 5.75 Å². The maximum Gasteiger partial charge on any atom is 0.337 e. The van der Waals surface area contributed by atoms with Gasteiger partial charge in [0.1, 0.15) is 5.75 Å². The number of hydrogen-bond acceptors (Lipinski definition) is 4. The molecule has 0 radical (unpaired) electrons. The van der Waals surface area contributed by atoms with Crippen LogP contribution in [0.4, 0.5) is 5.69 Å². The number of hydrogen-bond donors (Lipinski definition) is 3. The van der Waals surface area contributed by atoms with E-state index in [4.69, 9.17) is 5.11 Å². The van der Waals surface area contributed by atoms with Crippen LogP contribution in [-0.4, -0.2) is 30.4 Å². The molecule has 1 aliphatic rings. The minimum atomic E-state index is -3.54. The van der Waals surface area contributed by atoms with E-state index in [2.05, 4.69) is 4.72 Å². The number of benzene rings is 1. The van der Waals surface area contributed by atoms with Crippen molar-refractivity contribution < 1.29 is 23.4 Å². The number of carboxylic acid groups (broad SMARTS) is 1. The van der Waals surface area contributed by atoms with Crippen molar-refractivity contribution in [1.29, 1.82) is 0 Å². The lowest BCUT2D eigenvalue weighted by Crippen LogP contribution is -2.19. The van der Waals surface area contributed by atoms with Gasteiger partial charge in [-0.05, 0) is 37.0 Å². The summed E-state index contributed by atoms with van der Waals surface area (Å²) in [7, 11) is -3.54. The summed E-state index contributed by atoms with van der Waals surface area (Å²) in [5.41, 5.74) is -0.296. The Morgan fingerprint density at radius 1 is 1.39 bits per heavy atom. The largest absolute Gasteiger partial charge is 0.508 e. The molecule has 7 heteroatoms. The van der Waals surface area contributed by atoms with Crippen LogP contribution in [0, 0.1) is 5.92 Å². The number of carbonyl (C=O) groups is 1. The molecule has 2 rings (SSSR count). The van der Waals surface area contributed by atoms with Gasteiger partial charge in [-0.1, -0.05) is 0 Å². The molecule has 6 nitrogen and oxygen atoms in total. The molecule has 0 aliphatic heterocycles. The molecule has 1 aromatic carbocycles. The minimum Gasteiger partial charge on any atom is -0.508 e. The fraction of sp³-hybridized carbons (Fsp3) is 0.364. The van der Waals surface area contributed by atoms with E-state index in [1.165, 1.54) is 12.1 Å². The highest BCUT2D eigenvalue weighted by Crippen LogP contribution is 2.31. The smallest absolute Gasteiger partial charge is 0.337 e. The Morgan fingerprint density at radius 2 is 2.06 bits per heavy atom. The maximum atomic E-state index is 11.7. The molecule has 0 aromatic heterocycles. The van der Waals surface area contributed by atoms with E-state index < -0.39 is 16.0 Å². The molecule has 0 bridgehead atoms. The van der Waals surface area contributed by atoms with Gasteiger partial charge in [-0.3, -0.25) is 4.72 Å². The van der Waals surface area contributed by atoms with E-state index in [1.54, 1.807) is 0 Å². The van der Waals surface area contributed by atoms with Crippen LogP contribution >= 0.6 is 0 Å². The van der Waals surface area contributed by atoms with E-state index in [0.717, 1.165) is 18.9 Å². The summed E-state index contributed by atoms with van der Waals surface area (Å²) < 4.78 is 25.7. The highest BCUT2D eigenvalue weighted by molar-refractivity contribution is 7.92. The van der Waals surface area contributed by atoms with Gasteiger partial charge in [-0.15, -0.1) is 0 Å². The van der Waals surface area contributed by atoms with Crippen LogP contribution in [-0.2, 0) is 10.0 Å². The maximum absolute atomic E-state index is 11.7. The summed E-state index contributed by atoms with van der Waals surface area (Å²) in [4.78, 5) is 10.9. The third-order valence-electron chi connectivity index (χ3n) is 2.65. The third kappa shape index (κ3) is 3.13. The Labute approximate surface area is 104 Å². The van der Waals surface area contributed by atoms with Crippen molar-refractivity contribution in [2.75, 3.05) is 10.5 Å². The zero-order chi connectivity index (χ0) is 13.3. The summed E-state index contributed by atoms with van der Waals surface area (Å²) in [6.45, 7) is 0. The lowest BCUT2D eigenvalue weighted by atomic mass is 10.2. The molecule has 0 saturated heterocycles. The monoisotopic (exact) mass is 271 g/mol.